The van der Waals surface area contributed by atoms with E-state index in [1.165, 1.54) is 0 Å². The summed E-state index contributed by atoms with van der Waals surface area (Å²) in [7, 11) is 0. The predicted molar refractivity (Wildman–Crippen MR) is 60.7 cm³/mol. The summed E-state index contributed by atoms with van der Waals surface area (Å²) in [5.74, 6) is -0.810. The number of carbonyl (C=O) groups excluding carboxylic acids is 1. The molecule has 0 spiro atoms. The van der Waals surface area contributed by atoms with Gasteiger partial charge in [0.15, 0.2) is 5.79 Å². The molecule has 0 saturated carbocycles. The molecule has 1 aliphatic heterocycles. The van der Waals surface area contributed by atoms with Crippen molar-refractivity contribution in [3.05, 3.63) is 0 Å². The number of amides is 1. The first-order valence-electron chi connectivity index (χ1n) is 5.54. The second-order valence-electron chi connectivity index (χ2n) is 5.35. The topological polar surface area (TPSA) is 73.6 Å². The van der Waals surface area contributed by atoms with Crippen molar-refractivity contribution in [1.82, 2.24) is 5.32 Å². The molecule has 0 aromatic heterocycles. The number of ether oxygens (including phenoxy) is 2. The molecular formula is C11H22N2O3. The van der Waals surface area contributed by atoms with Crippen molar-refractivity contribution in [2.24, 2.45) is 11.1 Å². The molecule has 1 aliphatic rings. The van der Waals surface area contributed by atoms with Gasteiger partial charge in [-0.1, -0.05) is 0 Å². The minimum absolute atomic E-state index is 0.117. The standard InChI is InChI=1S/C11H22N2O3/c1-10(2,9(12)14)7-13-8-5-15-11(3,4)16-6-8/h8,13H,5-7H2,1-4H3,(H2,12,14). The molecule has 5 heteroatoms. The van der Waals surface area contributed by atoms with Crippen molar-refractivity contribution in [3.8, 4) is 0 Å². The van der Waals surface area contributed by atoms with Crippen LogP contribution in [0.5, 0.6) is 0 Å². The van der Waals surface area contributed by atoms with E-state index in [1.54, 1.807) is 0 Å². The molecule has 94 valence electrons. The van der Waals surface area contributed by atoms with E-state index in [9.17, 15) is 4.79 Å². The molecule has 0 bridgehead atoms. The molecule has 0 radical (unpaired) electrons. The van der Waals surface area contributed by atoms with Gasteiger partial charge in [0.1, 0.15) is 0 Å². The second-order valence-corrected chi connectivity index (χ2v) is 5.35. The zero-order valence-corrected chi connectivity index (χ0v) is 10.5. The summed E-state index contributed by atoms with van der Waals surface area (Å²) in [4.78, 5) is 11.1. The van der Waals surface area contributed by atoms with Crippen molar-refractivity contribution in [3.63, 3.8) is 0 Å². The largest absolute Gasteiger partial charge is 0.369 e. The number of hydrogen-bond donors (Lipinski definition) is 2. The molecule has 1 fully saturated rings. The summed E-state index contributed by atoms with van der Waals surface area (Å²) < 4.78 is 11.0. The van der Waals surface area contributed by atoms with E-state index in [0.717, 1.165) is 0 Å². The number of rotatable bonds is 4. The lowest BCUT2D eigenvalue weighted by Gasteiger charge is -2.36. The molecule has 1 saturated heterocycles. The Morgan fingerprint density at radius 1 is 1.44 bits per heavy atom. The Kier molecular flexibility index (Phi) is 3.93. The summed E-state index contributed by atoms with van der Waals surface area (Å²) >= 11 is 0. The third-order valence-electron chi connectivity index (χ3n) is 2.76. The quantitative estimate of drug-likeness (QED) is 0.725. The number of nitrogens with one attached hydrogen (secondary N) is 1. The van der Waals surface area contributed by atoms with E-state index < -0.39 is 11.2 Å². The first kappa shape index (κ1) is 13.4. The van der Waals surface area contributed by atoms with Gasteiger partial charge < -0.3 is 20.5 Å². The van der Waals surface area contributed by atoms with Gasteiger partial charge in [0.25, 0.3) is 0 Å². The Balaban J connectivity index is 2.33. The minimum Gasteiger partial charge on any atom is -0.369 e. The summed E-state index contributed by atoms with van der Waals surface area (Å²) in [5.41, 5.74) is 4.74. The maximum atomic E-state index is 11.1. The normalized spacial score (nSPS) is 22.0. The third-order valence-corrected chi connectivity index (χ3v) is 2.76. The van der Waals surface area contributed by atoms with E-state index in [2.05, 4.69) is 5.32 Å². The lowest BCUT2D eigenvalue weighted by Crippen LogP contribution is -2.52. The van der Waals surface area contributed by atoms with E-state index in [0.29, 0.717) is 19.8 Å². The molecule has 0 aromatic carbocycles. The van der Waals surface area contributed by atoms with Crippen LogP contribution in [-0.2, 0) is 14.3 Å². The van der Waals surface area contributed by atoms with Crippen molar-refractivity contribution in [2.45, 2.75) is 39.5 Å². The third kappa shape index (κ3) is 3.73. The van der Waals surface area contributed by atoms with E-state index in [-0.39, 0.29) is 11.9 Å². The fourth-order valence-corrected chi connectivity index (χ4v) is 1.30. The van der Waals surface area contributed by atoms with Gasteiger partial charge in [-0.3, -0.25) is 4.79 Å². The Bertz CT molecular complexity index is 254. The molecular weight excluding hydrogens is 208 g/mol. The molecule has 16 heavy (non-hydrogen) atoms. The highest BCUT2D eigenvalue weighted by Crippen LogP contribution is 2.18. The van der Waals surface area contributed by atoms with Gasteiger partial charge in [-0.2, -0.15) is 0 Å². The molecule has 0 atom stereocenters. The van der Waals surface area contributed by atoms with Crippen LogP contribution >= 0.6 is 0 Å². The van der Waals surface area contributed by atoms with Crippen LogP contribution in [0.25, 0.3) is 0 Å². The monoisotopic (exact) mass is 230 g/mol. The predicted octanol–water partition coefficient (Wildman–Crippen LogP) is 0.239. The van der Waals surface area contributed by atoms with Crippen LogP contribution in [-0.4, -0.2) is 37.5 Å². The number of hydrogen-bond acceptors (Lipinski definition) is 4. The van der Waals surface area contributed by atoms with Crippen LogP contribution in [0.15, 0.2) is 0 Å². The van der Waals surface area contributed by atoms with Crippen LogP contribution < -0.4 is 11.1 Å². The Morgan fingerprint density at radius 3 is 2.38 bits per heavy atom. The van der Waals surface area contributed by atoms with Gasteiger partial charge in [-0.25, -0.2) is 0 Å². The van der Waals surface area contributed by atoms with Crippen LogP contribution in [0, 0.1) is 5.41 Å². The molecule has 1 heterocycles. The van der Waals surface area contributed by atoms with Crippen LogP contribution in [0.1, 0.15) is 27.7 Å². The lowest BCUT2D eigenvalue weighted by molar-refractivity contribution is -0.253. The van der Waals surface area contributed by atoms with Crippen LogP contribution in [0.3, 0.4) is 0 Å². The van der Waals surface area contributed by atoms with Gasteiger partial charge in [0, 0.05) is 6.54 Å². The Morgan fingerprint density at radius 2 is 1.94 bits per heavy atom. The minimum atomic E-state index is -0.549. The molecule has 0 unspecified atom stereocenters. The Labute approximate surface area is 96.7 Å². The van der Waals surface area contributed by atoms with Crippen LogP contribution in [0.2, 0.25) is 0 Å². The van der Waals surface area contributed by atoms with E-state index in [1.807, 2.05) is 27.7 Å². The highest BCUT2D eigenvalue weighted by atomic mass is 16.7. The molecule has 1 rings (SSSR count). The first-order valence-corrected chi connectivity index (χ1v) is 5.54. The average molecular weight is 230 g/mol. The van der Waals surface area contributed by atoms with Crippen molar-refractivity contribution in [1.29, 1.82) is 0 Å². The van der Waals surface area contributed by atoms with Crippen molar-refractivity contribution >= 4 is 5.91 Å². The van der Waals surface area contributed by atoms with Gasteiger partial charge >= 0.3 is 0 Å². The SMILES string of the molecule is CC1(C)OCC(NCC(C)(C)C(N)=O)CO1. The fourth-order valence-electron chi connectivity index (χ4n) is 1.30. The van der Waals surface area contributed by atoms with Gasteiger partial charge in [-0.15, -0.1) is 0 Å². The highest BCUT2D eigenvalue weighted by Gasteiger charge is 2.30. The van der Waals surface area contributed by atoms with Crippen molar-refractivity contribution < 1.29 is 14.3 Å². The molecule has 1 amide bonds. The smallest absolute Gasteiger partial charge is 0.224 e. The molecule has 3 N–H and O–H groups in total. The van der Waals surface area contributed by atoms with Gasteiger partial charge in [0.05, 0.1) is 24.7 Å². The number of carbonyl (C=O) groups is 1. The summed E-state index contributed by atoms with van der Waals surface area (Å²) in [6, 6.07) is 0.117. The second kappa shape index (κ2) is 4.69. The first-order chi connectivity index (χ1) is 7.23. The van der Waals surface area contributed by atoms with Crippen molar-refractivity contribution in [2.75, 3.05) is 19.8 Å². The summed E-state index contributed by atoms with van der Waals surface area (Å²) in [6.45, 7) is 9.10. The molecule has 0 aromatic rings. The number of primary amides is 1. The molecule has 0 aliphatic carbocycles. The zero-order valence-electron chi connectivity index (χ0n) is 10.5. The summed E-state index contributed by atoms with van der Waals surface area (Å²) in [5, 5.41) is 3.23. The van der Waals surface area contributed by atoms with Gasteiger partial charge in [-0.05, 0) is 27.7 Å². The maximum Gasteiger partial charge on any atom is 0.224 e. The Hall–Kier alpha value is -0.650. The lowest BCUT2D eigenvalue weighted by atomic mass is 9.92. The summed E-state index contributed by atoms with van der Waals surface area (Å²) in [6.07, 6.45) is 0. The number of nitrogens with two attached hydrogens (primary N) is 1. The fraction of sp³-hybridized carbons (Fsp3) is 0.909. The zero-order chi connectivity index (χ0) is 12.4. The van der Waals surface area contributed by atoms with Gasteiger partial charge in [0.2, 0.25) is 5.91 Å². The molecule has 5 nitrogen and oxygen atoms in total. The van der Waals surface area contributed by atoms with Crippen LogP contribution in [0.4, 0.5) is 0 Å². The highest BCUT2D eigenvalue weighted by molar-refractivity contribution is 5.80. The average Bonchev–Trinajstić information content (AvgIpc) is 2.16. The van der Waals surface area contributed by atoms with E-state index >= 15 is 0 Å². The van der Waals surface area contributed by atoms with E-state index in [4.69, 9.17) is 15.2 Å². The maximum absolute atomic E-state index is 11.1.